The molecule has 0 radical (unpaired) electrons. The van der Waals surface area contributed by atoms with E-state index in [0.717, 1.165) is 6.16 Å². The van der Waals surface area contributed by atoms with Crippen molar-refractivity contribution in [1.29, 1.82) is 0 Å². The number of aliphatic hydroxyl groups is 1. The van der Waals surface area contributed by atoms with Gasteiger partial charge in [-0.3, -0.25) is 4.79 Å². The molecule has 0 aromatic heterocycles. The highest BCUT2D eigenvalue weighted by atomic mass is 35.5. The summed E-state index contributed by atoms with van der Waals surface area (Å²) in [6, 6.07) is 0. The van der Waals surface area contributed by atoms with Gasteiger partial charge in [0, 0.05) is 12.8 Å². The second-order valence-electron chi connectivity index (χ2n) is 8.32. The van der Waals surface area contributed by atoms with Crippen LogP contribution in [0, 0.1) is 5.92 Å². The van der Waals surface area contributed by atoms with Gasteiger partial charge in [-0.2, -0.15) is 0 Å². The second-order valence-corrected chi connectivity index (χ2v) is 12.7. The Bertz CT molecular complexity index is 476. The van der Waals surface area contributed by atoms with Crippen molar-refractivity contribution >= 4 is 19.2 Å². The molecular weight excluding hydrogens is 423 g/mol. The van der Waals surface area contributed by atoms with Crippen LogP contribution in [0.5, 0.6) is 0 Å². The predicted molar refractivity (Wildman–Crippen MR) is 123 cm³/mol. The Morgan fingerprint density at radius 3 is 1.77 bits per heavy atom. The Balaban J connectivity index is 0. The fourth-order valence-electron chi connectivity index (χ4n) is 3.41. The van der Waals surface area contributed by atoms with Crippen molar-refractivity contribution in [2.24, 2.45) is 5.92 Å². The number of ether oxygens (including phenoxy) is 2. The minimum atomic E-state index is -1.18. The molecule has 2 atom stereocenters. The molecule has 5 nitrogen and oxygen atoms in total. The number of unbranched alkanes of at least 4 members (excludes halogenated alkanes) is 3. The lowest BCUT2D eigenvalue weighted by Gasteiger charge is -2.30. The average Bonchev–Trinajstić information content (AvgIpc) is 2.70. The molecule has 1 N–H and O–H groups in total. The number of carbonyl (C=O) groups is 2. The Kier molecular flexibility index (Phi) is 18.9. The lowest BCUT2D eigenvalue weighted by Crippen LogP contribution is -3.00. The molecule has 0 amide bonds. The summed E-state index contributed by atoms with van der Waals surface area (Å²) in [5.74, 6) is -0.982. The standard InChI is InChI=1S/C23H44O5P.ClH/c1-7-10-13-29(14-11-8-2,15-12-9-3)18-20(6)23(26)28-17-21(24)16-27-22(25)19(4)5;/h20-21,24H,4,7-18H2,1-3,5-6H3;1H/q+1;/p-1. The van der Waals surface area contributed by atoms with Crippen molar-refractivity contribution < 1.29 is 36.6 Å². The minimum absolute atomic E-state index is 0. The SMILES string of the molecule is C=C(C)C(=O)OCC(O)COC(=O)C(C)C[P+](CCCC)(CCCC)CCCC.[Cl-]. The van der Waals surface area contributed by atoms with Gasteiger partial charge in [-0.15, -0.1) is 0 Å². The van der Waals surface area contributed by atoms with E-state index in [0.29, 0.717) is 0 Å². The highest BCUT2D eigenvalue weighted by Gasteiger charge is 2.39. The van der Waals surface area contributed by atoms with Crippen LogP contribution in [0.3, 0.4) is 0 Å². The largest absolute Gasteiger partial charge is 1.00 e. The maximum Gasteiger partial charge on any atom is 0.333 e. The molecule has 0 rings (SSSR count). The highest BCUT2D eigenvalue weighted by molar-refractivity contribution is 7.75. The number of aliphatic hydroxyl groups excluding tert-OH is 1. The molecule has 0 spiro atoms. The van der Waals surface area contributed by atoms with Crippen LogP contribution in [0.1, 0.15) is 73.1 Å². The zero-order chi connectivity index (χ0) is 22.3. The van der Waals surface area contributed by atoms with Gasteiger partial charge in [0.25, 0.3) is 0 Å². The number of carbonyl (C=O) groups excluding carboxylic acids is 2. The molecular formula is C23H44ClO5P. The Labute approximate surface area is 191 Å². The van der Waals surface area contributed by atoms with Gasteiger partial charge in [0.1, 0.15) is 19.3 Å². The van der Waals surface area contributed by atoms with Crippen LogP contribution >= 0.6 is 7.26 Å². The molecule has 30 heavy (non-hydrogen) atoms. The first kappa shape index (κ1) is 31.5. The first-order valence-electron chi connectivity index (χ1n) is 11.2. The lowest BCUT2D eigenvalue weighted by molar-refractivity contribution is -0.153. The monoisotopic (exact) mass is 466 g/mol. The third-order valence-corrected chi connectivity index (χ3v) is 10.3. The van der Waals surface area contributed by atoms with E-state index in [-0.39, 0.29) is 43.1 Å². The Morgan fingerprint density at radius 2 is 1.37 bits per heavy atom. The highest BCUT2D eigenvalue weighted by Crippen LogP contribution is 2.61. The van der Waals surface area contributed by atoms with Crippen LogP contribution in [0.2, 0.25) is 0 Å². The quantitative estimate of drug-likeness (QED) is 0.202. The van der Waals surface area contributed by atoms with Gasteiger partial charge in [0.2, 0.25) is 0 Å². The van der Waals surface area contributed by atoms with Crippen molar-refractivity contribution in [2.45, 2.75) is 79.2 Å². The molecule has 0 aliphatic heterocycles. The van der Waals surface area contributed by atoms with Crippen molar-refractivity contribution in [3.8, 4) is 0 Å². The lowest BCUT2D eigenvalue weighted by atomic mass is 10.2. The summed E-state index contributed by atoms with van der Waals surface area (Å²) >= 11 is 0. The smallest absolute Gasteiger partial charge is 0.333 e. The van der Waals surface area contributed by atoms with Crippen LogP contribution < -0.4 is 12.4 Å². The van der Waals surface area contributed by atoms with Gasteiger partial charge in [0.05, 0.1) is 30.6 Å². The Hall–Kier alpha value is -0.640. The molecule has 0 aliphatic rings. The maximum atomic E-state index is 12.6. The fraction of sp³-hybridized carbons (Fsp3) is 0.826. The fourth-order valence-corrected chi connectivity index (χ4v) is 8.90. The zero-order valence-electron chi connectivity index (χ0n) is 19.8. The summed E-state index contributed by atoms with van der Waals surface area (Å²) in [5, 5.41) is 9.91. The molecule has 0 heterocycles. The van der Waals surface area contributed by atoms with Gasteiger partial charge in [-0.25, -0.2) is 4.79 Å². The third-order valence-electron chi connectivity index (χ3n) is 5.19. The second kappa shape index (κ2) is 18.0. The normalized spacial score (nSPS) is 13.1. The number of halogens is 1. The van der Waals surface area contributed by atoms with Gasteiger partial charge in [-0.1, -0.05) is 46.6 Å². The zero-order valence-corrected chi connectivity index (χ0v) is 21.4. The van der Waals surface area contributed by atoms with Crippen molar-refractivity contribution in [1.82, 2.24) is 0 Å². The summed E-state index contributed by atoms with van der Waals surface area (Å²) in [5.41, 5.74) is 0.273. The van der Waals surface area contributed by atoms with Crippen LogP contribution in [0.4, 0.5) is 0 Å². The summed E-state index contributed by atoms with van der Waals surface area (Å²) < 4.78 is 10.2. The van der Waals surface area contributed by atoms with Gasteiger partial charge < -0.3 is 27.0 Å². The average molecular weight is 467 g/mol. The van der Waals surface area contributed by atoms with E-state index in [1.54, 1.807) is 6.92 Å². The summed E-state index contributed by atoms with van der Waals surface area (Å²) in [4.78, 5) is 23.9. The van der Waals surface area contributed by atoms with Crippen LogP contribution in [-0.2, 0) is 19.1 Å². The van der Waals surface area contributed by atoms with Crippen LogP contribution in [-0.4, -0.2) is 61.0 Å². The number of hydrogen-bond donors (Lipinski definition) is 1. The molecule has 0 aliphatic carbocycles. The molecule has 7 heteroatoms. The van der Waals surface area contributed by atoms with E-state index < -0.39 is 19.3 Å². The summed E-state index contributed by atoms with van der Waals surface area (Å²) in [6.45, 7) is 13.3. The van der Waals surface area contributed by atoms with E-state index in [1.807, 2.05) is 6.92 Å². The third kappa shape index (κ3) is 13.6. The maximum absolute atomic E-state index is 12.6. The van der Waals surface area contributed by atoms with Crippen molar-refractivity contribution in [3.05, 3.63) is 12.2 Å². The van der Waals surface area contributed by atoms with E-state index >= 15 is 0 Å². The minimum Gasteiger partial charge on any atom is -1.00 e. The van der Waals surface area contributed by atoms with E-state index in [2.05, 4.69) is 27.4 Å². The molecule has 0 saturated heterocycles. The van der Waals surface area contributed by atoms with Crippen molar-refractivity contribution in [2.75, 3.05) is 37.9 Å². The summed E-state index contributed by atoms with van der Waals surface area (Å²) in [7, 11) is -1.18. The van der Waals surface area contributed by atoms with Crippen LogP contribution in [0.15, 0.2) is 12.2 Å². The molecule has 2 unspecified atom stereocenters. The predicted octanol–water partition coefficient (Wildman–Crippen LogP) is 2.07. The van der Waals surface area contributed by atoms with Gasteiger partial charge >= 0.3 is 11.9 Å². The van der Waals surface area contributed by atoms with E-state index in [9.17, 15) is 14.7 Å². The first-order chi connectivity index (χ1) is 13.7. The molecule has 0 aromatic rings. The van der Waals surface area contributed by atoms with Crippen LogP contribution in [0.25, 0.3) is 0 Å². The number of rotatable bonds is 17. The van der Waals surface area contributed by atoms with Gasteiger partial charge in [-0.05, 0) is 33.1 Å². The molecule has 178 valence electrons. The number of esters is 2. The van der Waals surface area contributed by atoms with Crippen molar-refractivity contribution in [3.63, 3.8) is 0 Å². The topological polar surface area (TPSA) is 72.8 Å². The van der Waals surface area contributed by atoms with Gasteiger partial charge in [0.15, 0.2) is 0 Å². The molecule has 0 fully saturated rings. The first-order valence-corrected chi connectivity index (χ1v) is 13.8. The molecule has 0 aromatic carbocycles. The number of hydrogen-bond acceptors (Lipinski definition) is 5. The summed E-state index contributed by atoms with van der Waals surface area (Å²) in [6.07, 6.45) is 11.0. The van der Waals surface area contributed by atoms with E-state index in [1.165, 1.54) is 57.0 Å². The molecule has 0 saturated carbocycles. The van der Waals surface area contributed by atoms with E-state index in [4.69, 9.17) is 9.47 Å². The molecule has 0 bridgehead atoms. The Morgan fingerprint density at radius 1 is 0.933 bits per heavy atom.